The summed E-state index contributed by atoms with van der Waals surface area (Å²) in [6.45, 7) is 6.13. The molecule has 15 heteroatoms. The highest BCUT2D eigenvalue weighted by molar-refractivity contribution is 7.99. The number of nitrogens with one attached hydrogen (secondary N) is 2. The number of piperazine rings is 1. The van der Waals surface area contributed by atoms with Gasteiger partial charge in [0, 0.05) is 53.1 Å². The number of methoxy groups -OCH3 is 2. The lowest BCUT2D eigenvalue weighted by Gasteiger charge is -2.59. The number of carbonyl (C=O) groups excluding carboxylic acids is 2. The van der Waals surface area contributed by atoms with Gasteiger partial charge in [0.15, 0.2) is 40.0 Å². The van der Waals surface area contributed by atoms with Crippen LogP contribution in [0.25, 0.3) is 0 Å². The summed E-state index contributed by atoms with van der Waals surface area (Å²) in [6, 6.07) is 5.14. The Labute approximate surface area is 353 Å². The van der Waals surface area contributed by atoms with E-state index in [9.17, 15) is 25.1 Å². The Bertz CT molecular complexity index is 2300. The fraction of sp³-hybridized carbons (Fsp3) is 0.533. The summed E-state index contributed by atoms with van der Waals surface area (Å²) in [5.41, 5.74) is 4.45. The number of benzene rings is 3. The molecule has 2 saturated heterocycles. The van der Waals surface area contributed by atoms with E-state index in [-0.39, 0.29) is 54.8 Å². The molecule has 2 fully saturated rings. The van der Waals surface area contributed by atoms with E-state index >= 15 is 0 Å². The minimum atomic E-state index is -1.37. The van der Waals surface area contributed by atoms with Crippen molar-refractivity contribution in [3.8, 4) is 46.3 Å². The summed E-state index contributed by atoms with van der Waals surface area (Å²) in [5.74, 6) is 1.21. The van der Waals surface area contributed by atoms with E-state index in [1.807, 2.05) is 19.9 Å². The predicted octanol–water partition coefficient (Wildman–Crippen LogP) is 5.99. The van der Waals surface area contributed by atoms with Crippen LogP contribution in [-0.4, -0.2) is 85.1 Å². The van der Waals surface area contributed by atoms with Gasteiger partial charge in [-0.2, -0.15) is 5.26 Å². The number of fused-ring (bicyclic) bond motifs is 9. The number of thioether (sulfide) groups is 1. The van der Waals surface area contributed by atoms with E-state index in [4.69, 9.17) is 28.4 Å². The number of carbonyl (C=O) groups is 2. The van der Waals surface area contributed by atoms with Crippen molar-refractivity contribution in [2.24, 2.45) is 0 Å². The summed E-state index contributed by atoms with van der Waals surface area (Å²) < 4.78 is 36.7. The van der Waals surface area contributed by atoms with Crippen molar-refractivity contribution in [3.05, 3.63) is 62.7 Å². The molecule has 4 bridgehead atoms. The van der Waals surface area contributed by atoms with E-state index in [0.717, 1.165) is 42.4 Å². The lowest BCUT2D eigenvalue weighted by molar-refractivity contribution is -0.155. The third kappa shape index (κ3) is 6.24. The standard InChI is InChI=1S/C45H52N4O10S/c1-6-7-8-9-10-11-32(51)59-40-23(3)41-42(58-21-57-41)34-29-19-56-44(53)45(26-17-31(54-4)30(50)16-24(26)12-13-47-45)20-60-43(35(34)40)37-36-33-25(14-22(2)39(55-5)38(33)52)15-27(48-36)28(18-46)49(29)37/h14,16-17,27-29,36-37,43,47-48,50,52H,6-13,15,19-21H2,1-5H3/t27-,28+,29-,36-,37?,43-,45-/m1/s1. The molecule has 4 N–H and O–H groups in total. The molecule has 14 nitrogen and oxygen atoms in total. The summed E-state index contributed by atoms with van der Waals surface area (Å²) in [4.78, 5) is 30.9. The van der Waals surface area contributed by atoms with Gasteiger partial charge in [0.05, 0.1) is 37.6 Å². The van der Waals surface area contributed by atoms with Crippen LogP contribution in [0, 0.1) is 25.2 Å². The van der Waals surface area contributed by atoms with Crippen molar-refractivity contribution in [2.75, 3.05) is 39.9 Å². The molecule has 0 amide bonds. The topological polar surface area (TPSA) is 181 Å². The molecule has 3 aromatic rings. The average molecular weight is 841 g/mol. The zero-order valence-corrected chi connectivity index (χ0v) is 35.5. The van der Waals surface area contributed by atoms with E-state index in [2.05, 4.69) is 28.5 Å². The molecule has 7 aliphatic rings. The summed E-state index contributed by atoms with van der Waals surface area (Å²) in [7, 11) is 3.01. The molecule has 10 rings (SSSR count). The first-order valence-electron chi connectivity index (χ1n) is 21.0. The molecule has 0 aliphatic carbocycles. The SMILES string of the molecule is CCCCCCCC(=O)Oc1c(C)c2c(c3c1[C@H]1SC[C@]4(NCCc5cc(O)c(OC)cc54)C(=O)OC[C@H]3N3C1[C@@H]1N[C@H](Cc4cc(C)c(OC)c(O)c41)[C@@H]3C#N)OCO2. The summed E-state index contributed by atoms with van der Waals surface area (Å²) in [6.07, 6.45) is 6.11. The Kier molecular flexibility index (Phi) is 10.7. The number of aromatic hydroxyl groups is 2. The average Bonchev–Trinajstić information content (AvgIpc) is 3.73. The number of hydrogen-bond donors (Lipinski definition) is 4. The number of phenolic OH excluding ortho intramolecular Hbond substituents is 2. The lowest BCUT2D eigenvalue weighted by Crippen LogP contribution is -2.69. The largest absolute Gasteiger partial charge is 0.504 e. The zero-order valence-electron chi connectivity index (χ0n) is 34.6. The van der Waals surface area contributed by atoms with E-state index in [0.29, 0.717) is 76.6 Å². The van der Waals surface area contributed by atoms with Crippen LogP contribution in [0.5, 0.6) is 40.2 Å². The Morgan fingerprint density at radius 2 is 1.82 bits per heavy atom. The minimum absolute atomic E-state index is 0.0204. The van der Waals surface area contributed by atoms with E-state index in [1.54, 1.807) is 12.1 Å². The maximum atomic E-state index is 14.9. The highest BCUT2D eigenvalue weighted by Gasteiger charge is 2.60. The van der Waals surface area contributed by atoms with Crippen LogP contribution in [0.1, 0.15) is 107 Å². The van der Waals surface area contributed by atoms with Crippen LogP contribution in [0.4, 0.5) is 0 Å². The van der Waals surface area contributed by atoms with Crippen LogP contribution in [-0.2, 0) is 32.7 Å². The Hall–Kier alpha value is -4.88. The van der Waals surface area contributed by atoms with Crippen molar-refractivity contribution >= 4 is 23.7 Å². The molecule has 7 atom stereocenters. The Morgan fingerprint density at radius 1 is 1.02 bits per heavy atom. The summed E-state index contributed by atoms with van der Waals surface area (Å²) in [5, 5.41) is 40.7. The Balaban J connectivity index is 1.27. The van der Waals surface area contributed by atoms with Gasteiger partial charge in [-0.1, -0.05) is 38.7 Å². The van der Waals surface area contributed by atoms with Gasteiger partial charge in [0.25, 0.3) is 0 Å². The number of hydrogen-bond acceptors (Lipinski definition) is 15. The number of unbranched alkanes of at least 4 members (excludes halogenated alkanes) is 4. The maximum absolute atomic E-state index is 14.9. The summed E-state index contributed by atoms with van der Waals surface area (Å²) >= 11 is 1.49. The lowest BCUT2D eigenvalue weighted by atomic mass is 9.72. The number of esters is 2. The van der Waals surface area contributed by atoms with Crippen LogP contribution in [0.2, 0.25) is 0 Å². The van der Waals surface area contributed by atoms with E-state index < -0.39 is 40.9 Å². The molecule has 318 valence electrons. The molecule has 7 aliphatic heterocycles. The van der Waals surface area contributed by atoms with Crippen LogP contribution >= 0.6 is 11.8 Å². The number of nitrogens with zero attached hydrogens (tertiary/aromatic N) is 2. The molecule has 60 heavy (non-hydrogen) atoms. The van der Waals surface area contributed by atoms with Crippen molar-refractivity contribution in [1.82, 2.24) is 15.5 Å². The zero-order chi connectivity index (χ0) is 42.0. The molecule has 3 aromatic carbocycles. The monoisotopic (exact) mass is 840 g/mol. The maximum Gasteiger partial charge on any atom is 0.331 e. The van der Waals surface area contributed by atoms with Crippen LogP contribution < -0.4 is 34.3 Å². The second-order valence-electron chi connectivity index (χ2n) is 16.7. The number of phenols is 2. The highest BCUT2D eigenvalue weighted by Crippen LogP contribution is 2.63. The van der Waals surface area contributed by atoms with Gasteiger partial charge in [-0.15, -0.1) is 11.8 Å². The Morgan fingerprint density at radius 3 is 2.58 bits per heavy atom. The van der Waals surface area contributed by atoms with Gasteiger partial charge in [-0.25, -0.2) is 4.79 Å². The molecule has 1 unspecified atom stereocenters. The second-order valence-corrected chi connectivity index (χ2v) is 17.8. The quantitative estimate of drug-likeness (QED) is 0.112. The molecule has 1 spiro atoms. The predicted molar refractivity (Wildman–Crippen MR) is 221 cm³/mol. The smallest absolute Gasteiger partial charge is 0.331 e. The van der Waals surface area contributed by atoms with Gasteiger partial charge >= 0.3 is 11.9 Å². The molecule has 7 heterocycles. The number of rotatable bonds is 9. The van der Waals surface area contributed by atoms with Crippen molar-refractivity contribution in [1.29, 1.82) is 5.26 Å². The number of nitriles is 1. The van der Waals surface area contributed by atoms with Gasteiger partial charge < -0.3 is 44.0 Å². The number of ether oxygens (including phenoxy) is 6. The molecule has 0 radical (unpaired) electrons. The minimum Gasteiger partial charge on any atom is -0.504 e. The van der Waals surface area contributed by atoms with Crippen molar-refractivity contribution < 1.29 is 48.2 Å². The van der Waals surface area contributed by atoms with E-state index in [1.165, 1.54) is 26.0 Å². The first kappa shape index (κ1) is 40.5. The normalized spacial score (nSPS) is 27.2. The van der Waals surface area contributed by atoms with Gasteiger partial charge in [0.2, 0.25) is 6.79 Å². The first-order valence-corrected chi connectivity index (χ1v) is 22.0. The van der Waals surface area contributed by atoms with Gasteiger partial charge in [-0.3, -0.25) is 15.0 Å². The number of aryl methyl sites for hydroxylation is 1. The molecule has 0 saturated carbocycles. The van der Waals surface area contributed by atoms with Gasteiger partial charge in [-0.05, 0) is 67.5 Å². The third-order valence-corrected chi connectivity index (χ3v) is 14.9. The van der Waals surface area contributed by atoms with Crippen LogP contribution in [0.15, 0.2) is 18.2 Å². The molecular formula is C45H52N4O10S. The first-order chi connectivity index (χ1) is 29.1. The van der Waals surface area contributed by atoms with Gasteiger partial charge in [0.1, 0.15) is 18.4 Å². The molecule has 0 aromatic heterocycles. The highest BCUT2D eigenvalue weighted by atomic mass is 32.2. The third-order valence-electron chi connectivity index (χ3n) is 13.4. The fourth-order valence-electron chi connectivity index (χ4n) is 10.7. The fourth-order valence-corrected chi connectivity index (χ4v) is 12.4. The molecular weight excluding hydrogens is 789 g/mol. The van der Waals surface area contributed by atoms with Crippen LogP contribution in [0.3, 0.4) is 0 Å². The van der Waals surface area contributed by atoms with Crippen molar-refractivity contribution in [2.45, 2.75) is 113 Å². The van der Waals surface area contributed by atoms with Crippen molar-refractivity contribution in [3.63, 3.8) is 0 Å². The second kappa shape index (κ2) is 15.9.